The number of carbonyl (C=O) groups is 2. The summed E-state index contributed by atoms with van der Waals surface area (Å²) in [4.78, 5) is 24.2. The Hall–Kier alpha value is -1.88. The van der Waals surface area contributed by atoms with E-state index >= 15 is 0 Å². The van der Waals surface area contributed by atoms with Crippen LogP contribution in [0.4, 0.5) is 0 Å². The molecular weight excluding hydrogens is 282 g/mol. The monoisotopic (exact) mass is 307 g/mol. The minimum absolute atomic E-state index is 0.217. The zero-order valence-corrected chi connectivity index (χ0v) is 13.7. The molecule has 0 radical (unpaired) electrons. The summed E-state index contributed by atoms with van der Waals surface area (Å²) in [7, 11) is 0. The number of carbonyl (C=O) groups excluding carboxylic acids is 2. The van der Waals surface area contributed by atoms with Crippen molar-refractivity contribution >= 4 is 11.9 Å². The lowest BCUT2D eigenvalue weighted by Crippen LogP contribution is -2.38. The van der Waals surface area contributed by atoms with Crippen molar-refractivity contribution in [3.8, 4) is 0 Å². The number of benzene rings is 1. The van der Waals surface area contributed by atoms with Gasteiger partial charge in [-0.05, 0) is 19.4 Å². The Balaban J connectivity index is 2.67. The lowest BCUT2D eigenvalue weighted by Gasteiger charge is -2.28. The van der Waals surface area contributed by atoms with E-state index in [9.17, 15) is 9.59 Å². The molecule has 1 aromatic carbocycles. The van der Waals surface area contributed by atoms with Crippen molar-refractivity contribution in [2.75, 3.05) is 13.1 Å². The van der Waals surface area contributed by atoms with Gasteiger partial charge in [-0.15, -0.1) is 0 Å². The summed E-state index contributed by atoms with van der Waals surface area (Å²) in [5.41, 5.74) is 1.16. The van der Waals surface area contributed by atoms with E-state index in [1.165, 1.54) is 13.8 Å². The van der Waals surface area contributed by atoms with Gasteiger partial charge in [0.05, 0.1) is 0 Å². The van der Waals surface area contributed by atoms with Crippen LogP contribution in [0.25, 0.3) is 0 Å². The number of hydrogen-bond donors (Lipinski definition) is 0. The Kier molecular flexibility index (Phi) is 7.60. The van der Waals surface area contributed by atoms with Crippen molar-refractivity contribution in [1.82, 2.24) is 4.90 Å². The fourth-order valence-electron chi connectivity index (χ4n) is 2.41. The molecule has 5 heteroatoms. The second-order valence-electron chi connectivity index (χ2n) is 5.52. The van der Waals surface area contributed by atoms with Gasteiger partial charge < -0.3 is 9.47 Å². The molecular formula is C17H25NO4. The van der Waals surface area contributed by atoms with Crippen LogP contribution in [-0.2, 0) is 25.6 Å². The summed E-state index contributed by atoms with van der Waals surface area (Å²) >= 11 is 0. The van der Waals surface area contributed by atoms with Crippen LogP contribution in [0.5, 0.6) is 0 Å². The van der Waals surface area contributed by atoms with Gasteiger partial charge in [-0.2, -0.15) is 0 Å². The molecule has 22 heavy (non-hydrogen) atoms. The van der Waals surface area contributed by atoms with Crippen LogP contribution in [0.2, 0.25) is 0 Å². The van der Waals surface area contributed by atoms with Gasteiger partial charge in [0.2, 0.25) is 0 Å². The fourth-order valence-corrected chi connectivity index (χ4v) is 2.41. The van der Waals surface area contributed by atoms with E-state index in [1.807, 2.05) is 44.2 Å². The van der Waals surface area contributed by atoms with Crippen molar-refractivity contribution in [3.63, 3.8) is 0 Å². The van der Waals surface area contributed by atoms with Crippen molar-refractivity contribution in [2.45, 2.75) is 46.4 Å². The van der Waals surface area contributed by atoms with Crippen molar-refractivity contribution < 1.29 is 19.1 Å². The quantitative estimate of drug-likeness (QED) is 0.690. The summed E-state index contributed by atoms with van der Waals surface area (Å²) in [5.74, 6) is -0.583. The van der Waals surface area contributed by atoms with Crippen LogP contribution < -0.4 is 0 Å². The lowest BCUT2D eigenvalue weighted by molar-refractivity contribution is -0.147. The van der Waals surface area contributed by atoms with Crippen molar-refractivity contribution in [3.05, 3.63) is 35.9 Å². The Morgan fingerprint density at radius 2 is 1.41 bits per heavy atom. The van der Waals surface area contributed by atoms with Gasteiger partial charge in [0.25, 0.3) is 0 Å². The van der Waals surface area contributed by atoms with Gasteiger partial charge >= 0.3 is 11.9 Å². The highest BCUT2D eigenvalue weighted by molar-refractivity contribution is 5.66. The van der Waals surface area contributed by atoms with E-state index in [0.29, 0.717) is 19.6 Å². The third-order valence-electron chi connectivity index (χ3n) is 3.01. The maximum absolute atomic E-state index is 11.1. The second kappa shape index (κ2) is 9.20. The van der Waals surface area contributed by atoms with Gasteiger partial charge in [-0.1, -0.05) is 30.3 Å². The molecule has 0 aliphatic rings. The Morgan fingerprint density at radius 3 is 1.82 bits per heavy atom. The number of nitrogens with zero attached hydrogens (tertiary/aromatic N) is 1. The van der Waals surface area contributed by atoms with Crippen LogP contribution in [0.3, 0.4) is 0 Å². The van der Waals surface area contributed by atoms with E-state index in [4.69, 9.17) is 9.47 Å². The highest BCUT2D eigenvalue weighted by Gasteiger charge is 2.17. The van der Waals surface area contributed by atoms with Gasteiger partial charge in [-0.25, -0.2) is 0 Å². The molecule has 0 saturated heterocycles. The maximum atomic E-state index is 11.1. The van der Waals surface area contributed by atoms with E-state index in [2.05, 4.69) is 4.90 Å². The van der Waals surface area contributed by atoms with Crippen LogP contribution in [0, 0.1) is 0 Å². The first-order valence-electron chi connectivity index (χ1n) is 7.47. The molecule has 0 saturated carbocycles. The SMILES string of the molecule is CC(=O)O[C@H](C)CN(Cc1ccccc1)C[C@@H](C)OC(C)=O. The van der Waals surface area contributed by atoms with Gasteiger partial charge in [-0.3, -0.25) is 14.5 Å². The molecule has 0 amide bonds. The summed E-state index contributed by atoms with van der Waals surface area (Å²) in [5, 5.41) is 0. The summed E-state index contributed by atoms with van der Waals surface area (Å²) in [6, 6.07) is 10.0. The normalized spacial score (nSPS) is 13.5. The number of esters is 2. The molecule has 0 spiro atoms. The van der Waals surface area contributed by atoms with Gasteiger partial charge in [0, 0.05) is 33.5 Å². The molecule has 122 valence electrons. The standard InChI is InChI=1S/C17H25NO4/c1-13(21-15(3)19)10-18(11-14(2)22-16(4)20)12-17-8-6-5-7-9-17/h5-9,13-14H,10-12H2,1-4H3/t13-,14-/m1/s1. The first-order valence-corrected chi connectivity index (χ1v) is 7.47. The zero-order chi connectivity index (χ0) is 16.5. The zero-order valence-electron chi connectivity index (χ0n) is 13.7. The van der Waals surface area contributed by atoms with Crippen LogP contribution in [-0.4, -0.2) is 42.1 Å². The van der Waals surface area contributed by atoms with Crippen LogP contribution in [0.15, 0.2) is 30.3 Å². The summed E-state index contributed by atoms with van der Waals surface area (Å²) in [6.07, 6.45) is -0.434. The number of ether oxygens (including phenoxy) is 2. The molecule has 2 atom stereocenters. The minimum Gasteiger partial charge on any atom is -0.461 e. The Labute approximate surface area is 132 Å². The van der Waals surface area contributed by atoms with Crippen LogP contribution in [0.1, 0.15) is 33.3 Å². The van der Waals surface area contributed by atoms with E-state index in [1.54, 1.807) is 0 Å². The fraction of sp³-hybridized carbons (Fsp3) is 0.529. The first-order chi connectivity index (χ1) is 10.4. The number of rotatable bonds is 8. The molecule has 0 aliphatic carbocycles. The van der Waals surface area contributed by atoms with E-state index in [-0.39, 0.29) is 24.1 Å². The Morgan fingerprint density at radius 1 is 0.955 bits per heavy atom. The van der Waals surface area contributed by atoms with Crippen molar-refractivity contribution in [1.29, 1.82) is 0 Å². The molecule has 0 N–H and O–H groups in total. The molecule has 5 nitrogen and oxygen atoms in total. The number of hydrogen-bond acceptors (Lipinski definition) is 5. The largest absolute Gasteiger partial charge is 0.461 e. The lowest BCUT2D eigenvalue weighted by atomic mass is 10.2. The summed E-state index contributed by atoms with van der Waals surface area (Å²) < 4.78 is 10.4. The van der Waals surface area contributed by atoms with E-state index < -0.39 is 0 Å². The first kappa shape index (κ1) is 18.2. The van der Waals surface area contributed by atoms with Gasteiger partial charge in [0.15, 0.2) is 0 Å². The smallest absolute Gasteiger partial charge is 0.302 e. The molecule has 0 aromatic heterocycles. The molecule has 0 unspecified atom stereocenters. The predicted molar refractivity (Wildman–Crippen MR) is 84.2 cm³/mol. The molecule has 0 heterocycles. The highest BCUT2D eigenvalue weighted by atomic mass is 16.5. The average Bonchev–Trinajstić information content (AvgIpc) is 2.37. The maximum Gasteiger partial charge on any atom is 0.302 e. The van der Waals surface area contributed by atoms with Crippen molar-refractivity contribution in [2.24, 2.45) is 0 Å². The highest BCUT2D eigenvalue weighted by Crippen LogP contribution is 2.09. The molecule has 0 aliphatic heterocycles. The molecule has 0 bridgehead atoms. The minimum atomic E-state index is -0.291. The summed E-state index contributed by atoms with van der Waals surface area (Å²) in [6.45, 7) is 8.39. The molecule has 1 aromatic rings. The van der Waals surface area contributed by atoms with E-state index in [0.717, 1.165) is 5.56 Å². The Bertz CT molecular complexity index is 451. The predicted octanol–water partition coefficient (Wildman–Crippen LogP) is 2.39. The third kappa shape index (κ3) is 7.78. The third-order valence-corrected chi connectivity index (χ3v) is 3.01. The van der Waals surface area contributed by atoms with Gasteiger partial charge in [0.1, 0.15) is 12.2 Å². The molecule has 0 fully saturated rings. The van der Waals surface area contributed by atoms with Crippen LogP contribution >= 0.6 is 0 Å². The molecule has 1 rings (SSSR count). The second-order valence-corrected chi connectivity index (χ2v) is 5.52. The topological polar surface area (TPSA) is 55.8 Å². The average molecular weight is 307 g/mol.